The average molecular weight is 352 g/mol. The number of aliphatic carboxylic acids is 1. The van der Waals surface area contributed by atoms with Crippen molar-refractivity contribution < 1.29 is 24.3 Å². The Morgan fingerprint density at radius 2 is 1.68 bits per heavy atom. The Labute approximate surface area is 138 Å². The Hall–Kier alpha value is -1.46. The minimum Gasteiger partial charge on any atom is -0.480 e. The van der Waals surface area contributed by atoms with Crippen molar-refractivity contribution in [3.63, 3.8) is 0 Å². The average Bonchev–Trinajstić information content (AvgIpc) is 2.48. The summed E-state index contributed by atoms with van der Waals surface area (Å²) in [5.74, 6) is -3.00. The maximum absolute atomic E-state index is 11.7. The summed E-state index contributed by atoms with van der Waals surface area (Å²) in [5.41, 5.74) is 5.40. The Bertz CT molecular complexity index is 435. The predicted octanol–water partition coefficient (Wildman–Crippen LogP) is -2.64. The topological polar surface area (TPSA) is 151 Å². The van der Waals surface area contributed by atoms with E-state index < -0.39 is 41.8 Å². The number of rotatable bonds is 9. The van der Waals surface area contributed by atoms with Crippen LogP contribution >= 0.6 is 25.3 Å². The highest BCUT2D eigenvalue weighted by Gasteiger charge is 2.23. The van der Waals surface area contributed by atoms with E-state index in [9.17, 15) is 19.2 Å². The first-order valence-corrected chi connectivity index (χ1v) is 7.57. The fourth-order valence-corrected chi connectivity index (χ4v) is 1.63. The first kappa shape index (κ1) is 20.5. The molecule has 22 heavy (non-hydrogen) atoms. The van der Waals surface area contributed by atoms with Gasteiger partial charge in [-0.3, -0.25) is 14.4 Å². The Morgan fingerprint density at radius 3 is 2.14 bits per heavy atom. The predicted molar refractivity (Wildman–Crippen MR) is 85.9 cm³/mol. The molecule has 3 amide bonds. The zero-order chi connectivity index (χ0) is 17.3. The maximum atomic E-state index is 11.7. The van der Waals surface area contributed by atoms with Crippen LogP contribution < -0.4 is 21.7 Å². The van der Waals surface area contributed by atoms with Gasteiger partial charge in [0.25, 0.3) is 0 Å². The van der Waals surface area contributed by atoms with Crippen LogP contribution in [0.4, 0.5) is 0 Å². The van der Waals surface area contributed by atoms with Crippen molar-refractivity contribution in [2.45, 2.75) is 25.0 Å². The lowest BCUT2D eigenvalue weighted by atomic mass is 10.2. The monoisotopic (exact) mass is 352 g/mol. The summed E-state index contributed by atoms with van der Waals surface area (Å²) in [6.07, 6.45) is 0. The molecule has 0 aromatic carbocycles. The lowest BCUT2D eigenvalue weighted by Crippen LogP contribution is -2.53. The molecule has 0 aromatic rings. The SMILES string of the molecule is CC(NC(=O)CNC(=O)C(N)CS)C(=O)NC(CS)C(=O)O. The van der Waals surface area contributed by atoms with Gasteiger partial charge in [-0.1, -0.05) is 0 Å². The third-order valence-electron chi connectivity index (χ3n) is 2.52. The van der Waals surface area contributed by atoms with Crippen LogP contribution in [0.1, 0.15) is 6.92 Å². The van der Waals surface area contributed by atoms with Crippen LogP contribution in [0.15, 0.2) is 0 Å². The molecule has 0 aliphatic rings. The Balaban J connectivity index is 4.27. The molecular formula is C11H20N4O5S2. The molecule has 0 heterocycles. The van der Waals surface area contributed by atoms with Crippen LogP contribution in [0.3, 0.4) is 0 Å². The van der Waals surface area contributed by atoms with E-state index in [1.165, 1.54) is 6.92 Å². The zero-order valence-electron chi connectivity index (χ0n) is 11.9. The van der Waals surface area contributed by atoms with E-state index in [0.29, 0.717) is 0 Å². The number of carbonyl (C=O) groups is 4. The van der Waals surface area contributed by atoms with E-state index in [4.69, 9.17) is 10.8 Å². The van der Waals surface area contributed by atoms with Crippen molar-refractivity contribution in [3.05, 3.63) is 0 Å². The molecule has 126 valence electrons. The fraction of sp³-hybridized carbons (Fsp3) is 0.636. The number of hydrogen-bond acceptors (Lipinski definition) is 7. The highest BCUT2D eigenvalue weighted by atomic mass is 32.1. The van der Waals surface area contributed by atoms with Gasteiger partial charge >= 0.3 is 5.97 Å². The third-order valence-corrected chi connectivity index (χ3v) is 3.28. The number of carboxylic acid groups (broad SMARTS) is 1. The van der Waals surface area contributed by atoms with Gasteiger partial charge in [-0.15, -0.1) is 0 Å². The molecule has 0 saturated heterocycles. The molecule has 11 heteroatoms. The summed E-state index contributed by atoms with van der Waals surface area (Å²) in [4.78, 5) is 45.4. The summed E-state index contributed by atoms with van der Waals surface area (Å²) < 4.78 is 0. The van der Waals surface area contributed by atoms with Gasteiger partial charge in [0.1, 0.15) is 12.1 Å². The second-order valence-corrected chi connectivity index (χ2v) is 5.11. The van der Waals surface area contributed by atoms with Gasteiger partial charge in [0, 0.05) is 11.5 Å². The summed E-state index contributed by atoms with van der Waals surface area (Å²) in [6.45, 7) is 1.03. The molecule has 0 radical (unpaired) electrons. The normalized spacial score (nSPS) is 14.4. The van der Waals surface area contributed by atoms with Crippen molar-refractivity contribution in [2.24, 2.45) is 5.73 Å². The Kier molecular flexibility index (Phi) is 9.61. The summed E-state index contributed by atoms with van der Waals surface area (Å²) >= 11 is 7.65. The van der Waals surface area contributed by atoms with Crippen LogP contribution in [-0.2, 0) is 19.2 Å². The molecule has 3 unspecified atom stereocenters. The van der Waals surface area contributed by atoms with Gasteiger partial charge in [-0.05, 0) is 6.92 Å². The number of carboxylic acids is 1. The summed E-state index contributed by atoms with van der Waals surface area (Å²) in [7, 11) is 0. The van der Waals surface area contributed by atoms with E-state index in [-0.39, 0.29) is 18.1 Å². The number of nitrogens with one attached hydrogen (secondary N) is 3. The van der Waals surface area contributed by atoms with Gasteiger partial charge in [0.05, 0.1) is 12.6 Å². The van der Waals surface area contributed by atoms with E-state index in [2.05, 4.69) is 41.2 Å². The van der Waals surface area contributed by atoms with Crippen molar-refractivity contribution >= 4 is 48.9 Å². The third kappa shape index (κ3) is 7.52. The first-order valence-electron chi connectivity index (χ1n) is 6.30. The molecule has 6 N–H and O–H groups in total. The second kappa shape index (κ2) is 10.3. The lowest BCUT2D eigenvalue weighted by molar-refractivity contribution is -0.141. The van der Waals surface area contributed by atoms with Crippen LogP contribution in [0.2, 0.25) is 0 Å². The van der Waals surface area contributed by atoms with Crippen LogP contribution in [0.25, 0.3) is 0 Å². The van der Waals surface area contributed by atoms with E-state index in [1.807, 2.05) is 0 Å². The molecule has 0 aromatic heterocycles. The van der Waals surface area contributed by atoms with Crippen molar-refractivity contribution in [1.82, 2.24) is 16.0 Å². The molecule has 0 fully saturated rings. The zero-order valence-corrected chi connectivity index (χ0v) is 13.7. The van der Waals surface area contributed by atoms with Crippen molar-refractivity contribution in [2.75, 3.05) is 18.1 Å². The minimum atomic E-state index is -1.23. The molecule has 0 aliphatic carbocycles. The lowest BCUT2D eigenvalue weighted by Gasteiger charge is -2.17. The Morgan fingerprint density at radius 1 is 1.09 bits per heavy atom. The number of amides is 3. The molecular weight excluding hydrogens is 332 g/mol. The number of thiol groups is 2. The largest absolute Gasteiger partial charge is 0.480 e. The van der Waals surface area contributed by atoms with Gasteiger partial charge in [0.15, 0.2) is 0 Å². The number of hydrogen-bond donors (Lipinski definition) is 7. The molecule has 0 spiro atoms. The molecule has 9 nitrogen and oxygen atoms in total. The molecule has 0 saturated carbocycles. The quantitative estimate of drug-likeness (QED) is 0.225. The highest BCUT2D eigenvalue weighted by Crippen LogP contribution is 1.91. The molecule has 0 bridgehead atoms. The van der Waals surface area contributed by atoms with Gasteiger partial charge < -0.3 is 26.8 Å². The molecule has 3 atom stereocenters. The highest BCUT2D eigenvalue weighted by molar-refractivity contribution is 7.80. The van der Waals surface area contributed by atoms with Gasteiger partial charge in [0.2, 0.25) is 17.7 Å². The smallest absolute Gasteiger partial charge is 0.327 e. The van der Waals surface area contributed by atoms with E-state index in [0.717, 1.165) is 0 Å². The number of nitrogens with two attached hydrogens (primary N) is 1. The van der Waals surface area contributed by atoms with Crippen LogP contribution in [-0.4, -0.2) is 65.0 Å². The minimum absolute atomic E-state index is 0.0839. The number of carbonyl (C=O) groups excluding carboxylic acids is 3. The second-order valence-electron chi connectivity index (χ2n) is 4.38. The van der Waals surface area contributed by atoms with E-state index in [1.54, 1.807) is 0 Å². The van der Waals surface area contributed by atoms with Crippen LogP contribution in [0.5, 0.6) is 0 Å². The van der Waals surface area contributed by atoms with Gasteiger partial charge in [-0.25, -0.2) is 4.79 Å². The molecule has 0 aliphatic heterocycles. The molecule has 0 rings (SSSR count). The van der Waals surface area contributed by atoms with E-state index >= 15 is 0 Å². The fourth-order valence-electron chi connectivity index (χ4n) is 1.22. The standard InChI is InChI=1S/C11H20N4O5S2/c1-5(9(17)15-7(4-22)11(19)20)14-8(16)2-13-10(18)6(12)3-21/h5-7,21-22H,2-4,12H2,1H3,(H,13,18)(H,14,16)(H,15,17)(H,19,20). The summed E-state index contributed by atoms with van der Waals surface area (Å²) in [5, 5.41) is 15.6. The van der Waals surface area contributed by atoms with Gasteiger partial charge in [-0.2, -0.15) is 25.3 Å². The van der Waals surface area contributed by atoms with Crippen LogP contribution in [0, 0.1) is 0 Å². The first-order chi connectivity index (χ1) is 10.2. The van der Waals surface area contributed by atoms with Crippen molar-refractivity contribution in [1.29, 1.82) is 0 Å². The maximum Gasteiger partial charge on any atom is 0.327 e. The van der Waals surface area contributed by atoms with Crippen molar-refractivity contribution in [3.8, 4) is 0 Å². The summed E-state index contributed by atoms with van der Waals surface area (Å²) in [6, 6.07) is -2.95.